The lowest BCUT2D eigenvalue weighted by molar-refractivity contribution is -0.138. The van der Waals surface area contributed by atoms with Crippen molar-refractivity contribution in [2.24, 2.45) is 7.05 Å². The third-order valence-corrected chi connectivity index (χ3v) is 3.17. The molecule has 1 heterocycles. The molecule has 7 heteroatoms. The first-order valence-electron chi connectivity index (χ1n) is 6.34. The van der Waals surface area contributed by atoms with Crippen molar-refractivity contribution in [3.05, 3.63) is 63.6 Å². The Balaban J connectivity index is 2.29. The number of aromatic nitrogens is 1. The molecule has 2 aromatic rings. The van der Waals surface area contributed by atoms with Gasteiger partial charge in [-0.15, -0.1) is 0 Å². The van der Waals surface area contributed by atoms with Crippen molar-refractivity contribution in [1.82, 2.24) is 4.57 Å². The molecule has 1 aromatic carbocycles. The zero-order valence-corrected chi connectivity index (χ0v) is 11.9. The van der Waals surface area contributed by atoms with Crippen LogP contribution in [0, 0.1) is 6.92 Å². The Morgan fingerprint density at radius 2 is 1.86 bits per heavy atom. The lowest BCUT2D eigenvalue weighted by Crippen LogP contribution is -2.20. The van der Waals surface area contributed by atoms with Crippen LogP contribution in [-0.4, -0.2) is 10.5 Å². The second kappa shape index (κ2) is 5.67. The van der Waals surface area contributed by atoms with Crippen LogP contribution < -0.4 is 10.9 Å². The zero-order chi connectivity index (χ0) is 16.5. The van der Waals surface area contributed by atoms with Crippen molar-refractivity contribution in [2.75, 3.05) is 5.32 Å². The molecule has 1 amide bonds. The second-order valence-corrected chi connectivity index (χ2v) is 4.85. The molecule has 0 spiro atoms. The molecule has 22 heavy (non-hydrogen) atoms. The summed E-state index contributed by atoms with van der Waals surface area (Å²) in [7, 11) is 1.53. The first-order chi connectivity index (χ1) is 10.2. The number of halogens is 3. The van der Waals surface area contributed by atoms with Crippen LogP contribution in [0.4, 0.5) is 18.9 Å². The summed E-state index contributed by atoms with van der Waals surface area (Å²) >= 11 is 0. The van der Waals surface area contributed by atoms with Crippen molar-refractivity contribution in [2.45, 2.75) is 13.1 Å². The largest absolute Gasteiger partial charge is 0.416 e. The molecule has 1 N–H and O–H groups in total. The Hall–Kier alpha value is -2.57. The maximum Gasteiger partial charge on any atom is 0.416 e. The van der Waals surface area contributed by atoms with Crippen molar-refractivity contribution >= 4 is 11.6 Å². The number of amides is 1. The first-order valence-corrected chi connectivity index (χ1v) is 6.34. The number of nitrogens with one attached hydrogen (secondary N) is 1. The van der Waals surface area contributed by atoms with E-state index in [0.717, 1.165) is 12.1 Å². The molecule has 4 nitrogen and oxygen atoms in total. The Labute approximate surface area is 124 Å². The summed E-state index contributed by atoms with van der Waals surface area (Å²) < 4.78 is 39.8. The van der Waals surface area contributed by atoms with E-state index in [-0.39, 0.29) is 22.4 Å². The van der Waals surface area contributed by atoms with Crippen LogP contribution in [0.5, 0.6) is 0 Å². The van der Waals surface area contributed by atoms with Gasteiger partial charge in [-0.25, -0.2) is 0 Å². The highest BCUT2D eigenvalue weighted by molar-refractivity contribution is 6.04. The normalized spacial score (nSPS) is 11.3. The third kappa shape index (κ3) is 3.36. The summed E-state index contributed by atoms with van der Waals surface area (Å²) in [5, 5.41) is 2.36. The summed E-state index contributed by atoms with van der Waals surface area (Å²) in [6, 6.07) is 6.06. The highest BCUT2D eigenvalue weighted by atomic mass is 19.4. The van der Waals surface area contributed by atoms with E-state index >= 15 is 0 Å². The van der Waals surface area contributed by atoms with Crippen LogP contribution >= 0.6 is 0 Å². The number of aryl methyl sites for hydroxylation is 2. The number of anilines is 1. The molecule has 0 saturated heterocycles. The molecule has 0 radical (unpaired) electrons. The van der Waals surface area contributed by atoms with Gasteiger partial charge >= 0.3 is 6.18 Å². The lowest BCUT2D eigenvalue weighted by atomic mass is 10.1. The van der Waals surface area contributed by atoms with Crippen molar-refractivity contribution < 1.29 is 18.0 Å². The van der Waals surface area contributed by atoms with Crippen molar-refractivity contribution in [3.63, 3.8) is 0 Å². The Morgan fingerprint density at radius 1 is 1.18 bits per heavy atom. The number of benzene rings is 1. The Morgan fingerprint density at radius 3 is 2.45 bits per heavy atom. The maximum atomic E-state index is 12.8. The fourth-order valence-electron chi connectivity index (χ4n) is 1.90. The van der Waals surface area contributed by atoms with E-state index in [0.29, 0.717) is 0 Å². The SMILES string of the molecule is Cc1ccc(NC(=O)c2ccn(C)c(=O)c2)cc1C(F)(F)F. The predicted molar refractivity (Wildman–Crippen MR) is 75.8 cm³/mol. The standard InChI is InChI=1S/C15H13F3N2O2/c1-9-3-4-11(8-12(9)15(16,17)18)19-14(22)10-5-6-20(2)13(21)7-10/h3-8H,1-2H3,(H,19,22). The highest BCUT2D eigenvalue weighted by Gasteiger charge is 2.32. The summed E-state index contributed by atoms with van der Waals surface area (Å²) in [4.78, 5) is 23.4. The van der Waals surface area contributed by atoms with E-state index in [1.165, 1.54) is 42.9 Å². The van der Waals surface area contributed by atoms with Gasteiger partial charge in [0, 0.05) is 30.6 Å². The molecule has 0 aliphatic carbocycles. The van der Waals surface area contributed by atoms with E-state index < -0.39 is 17.6 Å². The second-order valence-electron chi connectivity index (χ2n) is 4.85. The quantitative estimate of drug-likeness (QED) is 0.927. The number of carbonyl (C=O) groups excluding carboxylic acids is 1. The molecule has 0 bridgehead atoms. The van der Waals surface area contributed by atoms with Gasteiger partial charge in [-0.05, 0) is 30.7 Å². The van der Waals surface area contributed by atoms with E-state index in [9.17, 15) is 22.8 Å². The molecule has 0 unspecified atom stereocenters. The smallest absolute Gasteiger partial charge is 0.322 e. The predicted octanol–water partition coefficient (Wildman–Crippen LogP) is 2.96. The molecule has 2 rings (SSSR count). The van der Waals surface area contributed by atoms with Crippen molar-refractivity contribution in [3.8, 4) is 0 Å². The van der Waals surface area contributed by atoms with E-state index in [4.69, 9.17) is 0 Å². The number of hydrogen-bond donors (Lipinski definition) is 1. The topological polar surface area (TPSA) is 51.1 Å². The van der Waals surface area contributed by atoms with Crippen LogP contribution in [0.15, 0.2) is 41.3 Å². The van der Waals surface area contributed by atoms with Gasteiger partial charge in [-0.3, -0.25) is 9.59 Å². The molecule has 0 fully saturated rings. The van der Waals surface area contributed by atoms with E-state index in [2.05, 4.69) is 5.32 Å². The van der Waals surface area contributed by atoms with Gasteiger partial charge in [0.05, 0.1) is 5.56 Å². The molecule has 0 aliphatic heterocycles. The number of carbonyl (C=O) groups is 1. The number of rotatable bonds is 2. The number of nitrogens with zero attached hydrogens (tertiary/aromatic N) is 1. The van der Waals surface area contributed by atoms with Crippen LogP contribution in [0.25, 0.3) is 0 Å². The molecular weight excluding hydrogens is 297 g/mol. The van der Waals surface area contributed by atoms with Crippen LogP contribution in [0.2, 0.25) is 0 Å². The number of pyridine rings is 1. The summed E-state index contributed by atoms with van der Waals surface area (Å²) in [6.45, 7) is 1.34. The number of hydrogen-bond acceptors (Lipinski definition) is 2. The highest BCUT2D eigenvalue weighted by Crippen LogP contribution is 2.33. The average Bonchev–Trinajstić information content (AvgIpc) is 2.42. The minimum absolute atomic E-state index is 0.0172. The lowest BCUT2D eigenvalue weighted by Gasteiger charge is -2.13. The molecular formula is C15H13F3N2O2. The maximum absolute atomic E-state index is 12.8. The zero-order valence-electron chi connectivity index (χ0n) is 11.9. The van der Waals surface area contributed by atoms with Gasteiger partial charge in [-0.2, -0.15) is 13.2 Å². The van der Waals surface area contributed by atoms with Gasteiger partial charge in [0.1, 0.15) is 0 Å². The Kier molecular flexibility index (Phi) is 4.07. The van der Waals surface area contributed by atoms with Gasteiger partial charge in [-0.1, -0.05) is 6.07 Å². The van der Waals surface area contributed by atoms with E-state index in [1.54, 1.807) is 0 Å². The molecule has 0 saturated carbocycles. The first kappa shape index (κ1) is 15.8. The average molecular weight is 310 g/mol. The summed E-state index contributed by atoms with van der Waals surface area (Å²) in [5.41, 5.74) is -1.03. The molecule has 0 aliphatic rings. The Bertz CT molecular complexity index is 779. The van der Waals surface area contributed by atoms with Crippen LogP contribution in [-0.2, 0) is 13.2 Å². The van der Waals surface area contributed by atoms with Gasteiger partial charge in [0.2, 0.25) is 0 Å². The van der Waals surface area contributed by atoms with Crippen molar-refractivity contribution in [1.29, 1.82) is 0 Å². The van der Waals surface area contributed by atoms with Crippen LogP contribution in [0.1, 0.15) is 21.5 Å². The number of alkyl halides is 3. The molecule has 0 atom stereocenters. The molecule has 116 valence electrons. The monoisotopic (exact) mass is 310 g/mol. The fraction of sp³-hybridized carbons (Fsp3) is 0.200. The minimum atomic E-state index is -4.49. The summed E-state index contributed by atoms with van der Waals surface area (Å²) in [5.74, 6) is -0.644. The fourth-order valence-corrected chi connectivity index (χ4v) is 1.90. The molecule has 1 aromatic heterocycles. The van der Waals surface area contributed by atoms with E-state index in [1.807, 2.05) is 0 Å². The van der Waals surface area contributed by atoms with Gasteiger partial charge in [0.15, 0.2) is 0 Å². The van der Waals surface area contributed by atoms with Gasteiger partial charge in [0.25, 0.3) is 11.5 Å². The minimum Gasteiger partial charge on any atom is -0.322 e. The van der Waals surface area contributed by atoms with Crippen LogP contribution in [0.3, 0.4) is 0 Å². The van der Waals surface area contributed by atoms with Gasteiger partial charge < -0.3 is 9.88 Å². The summed E-state index contributed by atoms with van der Waals surface area (Å²) in [6.07, 6.45) is -3.08. The third-order valence-electron chi connectivity index (χ3n) is 3.17.